The molecule has 1 aliphatic rings. The Morgan fingerprint density at radius 2 is 2.06 bits per heavy atom. The number of aromatic nitrogens is 2. The normalized spacial score (nSPS) is 16.5. The highest BCUT2D eigenvalue weighted by Crippen LogP contribution is 2.19. The molecule has 0 bridgehead atoms. The van der Waals surface area contributed by atoms with Crippen molar-refractivity contribution in [2.45, 2.75) is 31.7 Å². The van der Waals surface area contributed by atoms with E-state index in [1.165, 1.54) is 12.8 Å². The van der Waals surface area contributed by atoms with Gasteiger partial charge in [-0.25, -0.2) is 9.66 Å². The third-order valence-electron chi connectivity index (χ3n) is 3.32. The molecule has 0 aromatic carbocycles. The maximum absolute atomic E-state index is 11.9. The molecule has 1 N–H and O–H groups in total. The van der Waals surface area contributed by atoms with Crippen LogP contribution in [0.15, 0.2) is 35.3 Å². The van der Waals surface area contributed by atoms with E-state index in [0.717, 1.165) is 18.2 Å². The third-order valence-corrected chi connectivity index (χ3v) is 3.32. The molecular weight excluding hydrogens is 214 g/mol. The number of rotatable bonds is 2. The van der Waals surface area contributed by atoms with Gasteiger partial charge in [-0.1, -0.05) is 12.8 Å². The van der Waals surface area contributed by atoms with Gasteiger partial charge in [0.25, 0.3) is 5.56 Å². The lowest BCUT2D eigenvalue weighted by Gasteiger charge is -2.16. The van der Waals surface area contributed by atoms with Crippen LogP contribution in [0.2, 0.25) is 0 Å². The van der Waals surface area contributed by atoms with Crippen LogP contribution in [0, 0.1) is 0 Å². The lowest BCUT2D eigenvalue weighted by Crippen LogP contribution is -2.34. The number of hydrogen-bond acceptors (Lipinski definition) is 3. The topological polar surface area (TPSA) is 46.9 Å². The molecule has 0 radical (unpaired) electrons. The third kappa shape index (κ3) is 1.90. The van der Waals surface area contributed by atoms with E-state index in [9.17, 15) is 4.79 Å². The molecule has 2 aromatic heterocycles. The van der Waals surface area contributed by atoms with E-state index in [0.29, 0.717) is 11.7 Å². The summed E-state index contributed by atoms with van der Waals surface area (Å²) in [6.07, 6.45) is 6.47. The molecule has 4 nitrogen and oxygen atoms in total. The van der Waals surface area contributed by atoms with E-state index >= 15 is 0 Å². The van der Waals surface area contributed by atoms with Gasteiger partial charge < -0.3 is 5.43 Å². The van der Waals surface area contributed by atoms with Crippen molar-refractivity contribution in [3.8, 4) is 0 Å². The molecule has 0 atom stereocenters. The molecule has 4 heteroatoms. The van der Waals surface area contributed by atoms with Gasteiger partial charge in [0.05, 0.1) is 0 Å². The van der Waals surface area contributed by atoms with Gasteiger partial charge in [-0.3, -0.25) is 4.79 Å². The first-order valence-electron chi connectivity index (χ1n) is 6.08. The zero-order valence-electron chi connectivity index (χ0n) is 9.60. The Hall–Kier alpha value is -1.84. The number of nitrogens with one attached hydrogen (secondary N) is 1. The van der Waals surface area contributed by atoms with Gasteiger partial charge in [0.15, 0.2) is 5.65 Å². The average Bonchev–Trinajstić information content (AvgIpc) is 2.86. The quantitative estimate of drug-likeness (QED) is 0.855. The van der Waals surface area contributed by atoms with E-state index in [-0.39, 0.29) is 5.56 Å². The second-order valence-corrected chi connectivity index (χ2v) is 4.53. The van der Waals surface area contributed by atoms with Crippen molar-refractivity contribution in [1.82, 2.24) is 9.66 Å². The number of fused-ring (bicyclic) bond motifs is 1. The molecule has 3 rings (SSSR count). The largest absolute Gasteiger partial charge is 0.318 e. The average molecular weight is 229 g/mol. The van der Waals surface area contributed by atoms with Crippen molar-refractivity contribution in [3.05, 3.63) is 40.8 Å². The molecule has 0 aliphatic heterocycles. The minimum Gasteiger partial charge on any atom is -0.318 e. The van der Waals surface area contributed by atoms with Crippen molar-refractivity contribution in [3.63, 3.8) is 0 Å². The fourth-order valence-corrected chi connectivity index (χ4v) is 2.43. The molecule has 0 amide bonds. The molecule has 2 heterocycles. The van der Waals surface area contributed by atoms with Crippen LogP contribution in [0.1, 0.15) is 25.7 Å². The number of nitrogens with zero attached hydrogens (tertiary/aromatic N) is 2. The maximum Gasteiger partial charge on any atom is 0.270 e. The first-order chi connectivity index (χ1) is 8.34. The Morgan fingerprint density at radius 3 is 2.88 bits per heavy atom. The van der Waals surface area contributed by atoms with Gasteiger partial charge >= 0.3 is 0 Å². The highest BCUT2D eigenvalue weighted by atomic mass is 16.1. The smallest absolute Gasteiger partial charge is 0.270 e. The van der Waals surface area contributed by atoms with Crippen LogP contribution in [0.4, 0.5) is 0 Å². The van der Waals surface area contributed by atoms with Gasteiger partial charge in [-0.05, 0) is 31.0 Å². The predicted octanol–water partition coefficient (Wildman–Crippen LogP) is 1.88. The minimum absolute atomic E-state index is 0.0388. The minimum atomic E-state index is -0.0388. The summed E-state index contributed by atoms with van der Waals surface area (Å²) in [6, 6.07) is 7.66. The summed E-state index contributed by atoms with van der Waals surface area (Å²) in [4.78, 5) is 16.2. The summed E-state index contributed by atoms with van der Waals surface area (Å²) in [6.45, 7) is 0. The Kier molecular flexibility index (Phi) is 2.55. The van der Waals surface area contributed by atoms with Crippen molar-refractivity contribution in [2.24, 2.45) is 0 Å². The first-order valence-corrected chi connectivity index (χ1v) is 6.08. The van der Waals surface area contributed by atoms with E-state index < -0.39 is 0 Å². The molecule has 1 saturated carbocycles. The van der Waals surface area contributed by atoms with E-state index in [4.69, 9.17) is 0 Å². The molecule has 0 spiro atoms. The van der Waals surface area contributed by atoms with Gasteiger partial charge in [-0.2, -0.15) is 0 Å². The lowest BCUT2D eigenvalue weighted by molar-refractivity contribution is 0.652. The molecule has 88 valence electrons. The first kappa shape index (κ1) is 10.3. The fourth-order valence-electron chi connectivity index (χ4n) is 2.43. The Bertz CT molecular complexity index is 584. The highest BCUT2D eigenvalue weighted by Gasteiger charge is 2.16. The monoisotopic (exact) mass is 229 g/mol. The second-order valence-electron chi connectivity index (χ2n) is 4.53. The molecule has 1 fully saturated rings. The van der Waals surface area contributed by atoms with Crippen LogP contribution in [0.5, 0.6) is 0 Å². The van der Waals surface area contributed by atoms with Crippen molar-refractivity contribution < 1.29 is 0 Å². The number of hydrogen-bond donors (Lipinski definition) is 1. The summed E-state index contributed by atoms with van der Waals surface area (Å²) >= 11 is 0. The van der Waals surface area contributed by atoms with Crippen LogP contribution in [0.25, 0.3) is 11.0 Å². The van der Waals surface area contributed by atoms with Gasteiger partial charge in [-0.15, -0.1) is 0 Å². The van der Waals surface area contributed by atoms with E-state index in [1.54, 1.807) is 16.9 Å². The van der Waals surface area contributed by atoms with Gasteiger partial charge in [0.1, 0.15) is 0 Å². The summed E-state index contributed by atoms with van der Waals surface area (Å²) in [5, 5.41) is 0.984. The molecule has 1 aliphatic carbocycles. The van der Waals surface area contributed by atoms with Crippen molar-refractivity contribution in [1.29, 1.82) is 0 Å². The van der Waals surface area contributed by atoms with E-state index in [1.807, 2.05) is 18.2 Å². The SMILES string of the molecule is O=c1ccc2cccnc2n1NC1CCCC1. The summed E-state index contributed by atoms with van der Waals surface area (Å²) in [7, 11) is 0. The standard InChI is InChI=1S/C13H15N3O/c17-12-8-7-10-4-3-9-14-13(10)16(12)15-11-5-1-2-6-11/h3-4,7-9,11,15H,1-2,5-6H2. The molecule has 2 aromatic rings. The van der Waals surface area contributed by atoms with Crippen LogP contribution >= 0.6 is 0 Å². The van der Waals surface area contributed by atoms with Crippen molar-refractivity contribution in [2.75, 3.05) is 5.43 Å². The Labute approximate surface area is 99.3 Å². The molecule has 0 unspecified atom stereocenters. The highest BCUT2D eigenvalue weighted by molar-refractivity contribution is 5.74. The number of pyridine rings is 2. The molecule has 0 saturated heterocycles. The summed E-state index contributed by atoms with van der Waals surface area (Å²) in [5.74, 6) is 0. The molecule has 17 heavy (non-hydrogen) atoms. The van der Waals surface area contributed by atoms with Crippen molar-refractivity contribution >= 4 is 11.0 Å². The van der Waals surface area contributed by atoms with Crippen LogP contribution < -0.4 is 11.0 Å². The zero-order chi connectivity index (χ0) is 11.7. The van der Waals surface area contributed by atoms with Gasteiger partial charge in [0, 0.05) is 23.7 Å². The Morgan fingerprint density at radius 1 is 1.24 bits per heavy atom. The second kappa shape index (κ2) is 4.20. The van der Waals surface area contributed by atoms with Crippen LogP contribution in [0.3, 0.4) is 0 Å². The molecular formula is C13H15N3O. The summed E-state index contributed by atoms with van der Waals surface area (Å²) < 4.78 is 1.59. The maximum atomic E-state index is 11.9. The van der Waals surface area contributed by atoms with Crippen LogP contribution in [-0.4, -0.2) is 15.7 Å². The Balaban J connectivity index is 2.06. The predicted molar refractivity (Wildman–Crippen MR) is 67.6 cm³/mol. The zero-order valence-corrected chi connectivity index (χ0v) is 9.60. The lowest BCUT2D eigenvalue weighted by atomic mass is 10.2. The van der Waals surface area contributed by atoms with Gasteiger partial charge in [0.2, 0.25) is 0 Å². The summed E-state index contributed by atoms with van der Waals surface area (Å²) in [5.41, 5.74) is 3.97. The van der Waals surface area contributed by atoms with Crippen LogP contribution in [-0.2, 0) is 0 Å². The fraction of sp³-hybridized carbons (Fsp3) is 0.385. The van der Waals surface area contributed by atoms with E-state index in [2.05, 4.69) is 10.4 Å².